The van der Waals surface area contributed by atoms with Crippen molar-refractivity contribution in [2.24, 2.45) is 5.41 Å². The van der Waals surface area contributed by atoms with E-state index in [9.17, 15) is 14.4 Å². The number of carbonyl (C=O) groups excluding carboxylic acids is 3. The van der Waals surface area contributed by atoms with Gasteiger partial charge < -0.3 is 18.9 Å². The molecular formula is C21H32O9. The Kier molecular flexibility index (Phi) is 8.47. The Labute approximate surface area is 177 Å². The first-order chi connectivity index (χ1) is 13.6. The second-order valence-corrected chi connectivity index (χ2v) is 8.91. The summed E-state index contributed by atoms with van der Waals surface area (Å²) in [5.41, 5.74) is -0.449. The third kappa shape index (κ3) is 9.78. The summed E-state index contributed by atoms with van der Waals surface area (Å²) in [6.07, 6.45) is -1.19. The van der Waals surface area contributed by atoms with E-state index in [1.54, 1.807) is 13.8 Å². The molecule has 170 valence electrons. The first kappa shape index (κ1) is 25.5. The summed E-state index contributed by atoms with van der Waals surface area (Å²) < 4.78 is 20.8. The van der Waals surface area contributed by atoms with Crippen LogP contribution >= 0.6 is 0 Å². The summed E-state index contributed by atoms with van der Waals surface area (Å²) >= 11 is 0. The van der Waals surface area contributed by atoms with E-state index in [0.29, 0.717) is 6.42 Å². The van der Waals surface area contributed by atoms with Gasteiger partial charge in [-0.15, -0.1) is 0 Å². The average molecular weight is 428 g/mol. The second kappa shape index (κ2) is 9.97. The van der Waals surface area contributed by atoms with Crippen LogP contribution in [0.5, 0.6) is 0 Å². The summed E-state index contributed by atoms with van der Waals surface area (Å²) in [6.45, 7) is 15.6. The maximum Gasteiger partial charge on any atom is 0.511 e. The summed E-state index contributed by atoms with van der Waals surface area (Å²) in [5, 5.41) is 0. The number of allylic oxidation sites excluding steroid dienone is 2. The standard InChI is InChI=1S/C21H32O9/c1-12(10-16(22)13(2)18-29-30-18)17(23)26-14(3)25-15(4)27-19(24)28-21(8,9)11-20(5,6)7/h10,14-15H,11H2,1-9H3/b12-10+. The van der Waals surface area contributed by atoms with Gasteiger partial charge in [-0.1, -0.05) is 20.8 Å². The summed E-state index contributed by atoms with van der Waals surface area (Å²) in [5.74, 6) is -1.08. The molecule has 1 aliphatic rings. The zero-order valence-corrected chi connectivity index (χ0v) is 19.1. The van der Waals surface area contributed by atoms with Gasteiger partial charge >= 0.3 is 18.1 Å². The van der Waals surface area contributed by atoms with E-state index in [1.807, 2.05) is 20.8 Å². The zero-order chi connectivity index (χ0) is 23.3. The summed E-state index contributed by atoms with van der Waals surface area (Å²) in [7, 11) is 0. The molecule has 0 radical (unpaired) electrons. The van der Waals surface area contributed by atoms with Crippen LogP contribution in [0.25, 0.3) is 0 Å². The minimum Gasteiger partial charge on any atom is -0.433 e. The van der Waals surface area contributed by atoms with Gasteiger partial charge in [0.15, 0.2) is 5.78 Å². The van der Waals surface area contributed by atoms with Gasteiger partial charge in [0, 0.05) is 5.57 Å². The van der Waals surface area contributed by atoms with Crippen molar-refractivity contribution in [1.29, 1.82) is 0 Å². The molecule has 1 heterocycles. The molecular weight excluding hydrogens is 396 g/mol. The molecule has 0 aromatic rings. The predicted molar refractivity (Wildman–Crippen MR) is 105 cm³/mol. The van der Waals surface area contributed by atoms with Crippen LogP contribution in [0.15, 0.2) is 23.2 Å². The van der Waals surface area contributed by atoms with Crippen molar-refractivity contribution in [3.05, 3.63) is 23.2 Å². The molecule has 1 rings (SSSR count). The van der Waals surface area contributed by atoms with Crippen LogP contribution in [0.3, 0.4) is 0 Å². The fourth-order valence-corrected chi connectivity index (χ4v) is 2.88. The lowest BCUT2D eigenvalue weighted by Gasteiger charge is -2.32. The number of ether oxygens (including phenoxy) is 4. The number of ketones is 1. The monoisotopic (exact) mass is 428 g/mol. The normalized spacial score (nSPS) is 15.9. The van der Waals surface area contributed by atoms with Crippen molar-refractivity contribution in [3.8, 4) is 0 Å². The summed E-state index contributed by atoms with van der Waals surface area (Å²) in [6, 6.07) is 0. The first-order valence-electron chi connectivity index (χ1n) is 9.64. The minimum absolute atomic E-state index is 0.0327. The topological polar surface area (TPSA) is 113 Å². The molecule has 1 aliphatic heterocycles. The molecule has 30 heavy (non-hydrogen) atoms. The molecule has 2 unspecified atom stereocenters. The number of rotatable bonds is 9. The highest BCUT2D eigenvalue weighted by Gasteiger charge is 2.31. The summed E-state index contributed by atoms with van der Waals surface area (Å²) in [4.78, 5) is 45.0. The third-order valence-corrected chi connectivity index (χ3v) is 3.75. The van der Waals surface area contributed by atoms with Crippen molar-refractivity contribution >= 4 is 17.9 Å². The van der Waals surface area contributed by atoms with E-state index in [-0.39, 0.29) is 22.5 Å². The van der Waals surface area contributed by atoms with Gasteiger partial charge in [-0.25, -0.2) is 19.4 Å². The van der Waals surface area contributed by atoms with Crippen molar-refractivity contribution in [1.82, 2.24) is 0 Å². The van der Waals surface area contributed by atoms with Crippen LogP contribution in [0, 0.1) is 5.41 Å². The highest BCUT2D eigenvalue weighted by molar-refractivity contribution is 6.07. The van der Waals surface area contributed by atoms with Gasteiger partial charge in [-0.05, 0) is 59.5 Å². The van der Waals surface area contributed by atoms with Crippen LogP contribution in [-0.4, -0.2) is 36.1 Å². The Morgan fingerprint density at radius 2 is 1.50 bits per heavy atom. The van der Waals surface area contributed by atoms with E-state index in [1.165, 1.54) is 27.7 Å². The molecule has 9 heteroatoms. The van der Waals surface area contributed by atoms with Crippen LogP contribution < -0.4 is 0 Å². The first-order valence-corrected chi connectivity index (χ1v) is 9.64. The van der Waals surface area contributed by atoms with Crippen LogP contribution in [0.1, 0.15) is 68.7 Å². The van der Waals surface area contributed by atoms with Crippen molar-refractivity contribution < 1.29 is 43.1 Å². The largest absolute Gasteiger partial charge is 0.511 e. The molecule has 0 aliphatic carbocycles. The lowest BCUT2D eigenvalue weighted by atomic mass is 9.84. The molecule has 1 fully saturated rings. The molecule has 0 aromatic carbocycles. The maximum absolute atomic E-state index is 12.1. The van der Waals surface area contributed by atoms with Gasteiger partial charge in [-0.2, -0.15) is 0 Å². The van der Waals surface area contributed by atoms with Crippen LogP contribution in [0.4, 0.5) is 4.79 Å². The van der Waals surface area contributed by atoms with Crippen molar-refractivity contribution in [2.45, 2.75) is 86.9 Å². The van der Waals surface area contributed by atoms with Gasteiger partial charge in [0.1, 0.15) is 5.60 Å². The molecule has 9 nitrogen and oxygen atoms in total. The Hall–Kier alpha value is -2.55. The molecule has 0 bridgehead atoms. The Morgan fingerprint density at radius 3 is 2.00 bits per heavy atom. The average Bonchev–Trinajstić information content (AvgIpc) is 3.34. The van der Waals surface area contributed by atoms with E-state index < -0.39 is 36.1 Å². The number of esters is 1. The molecule has 1 saturated heterocycles. The van der Waals surface area contributed by atoms with E-state index >= 15 is 0 Å². The Bertz CT molecular complexity index is 719. The number of carbonyl (C=O) groups is 3. The lowest BCUT2D eigenvalue weighted by molar-refractivity contribution is -0.218. The Balaban J connectivity index is 2.48. The van der Waals surface area contributed by atoms with Crippen LogP contribution in [-0.2, 0) is 38.3 Å². The molecule has 2 atom stereocenters. The number of hydrogen-bond acceptors (Lipinski definition) is 9. The smallest absolute Gasteiger partial charge is 0.433 e. The van der Waals surface area contributed by atoms with Crippen molar-refractivity contribution in [3.63, 3.8) is 0 Å². The zero-order valence-electron chi connectivity index (χ0n) is 19.1. The van der Waals surface area contributed by atoms with E-state index in [2.05, 4.69) is 9.78 Å². The fraction of sp³-hybridized carbons (Fsp3) is 0.667. The van der Waals surface area contributed by atoms with Gasteiger partial charge in [0.05, 0.1) is 5.57 Å². The van der Waals surface area contributed by atoms with E-state index in [4.69, 9.17) is 18.9 Å². The van der Waals surface area contributed by atoms with E-state index in [0.717, 1.165) is 6.08 Å². The highest BCUT2D eigenvalue weighted by atomic mass is 17.4. The minimum atomic E-state index is -1.03. The van der Waals surface area contributed by atoms with Gasteiger partial charge in [0.25, 0.3) is 0 Å². The Morgan fingerprint density at radius 1 is 0.967 bits per heavy atom. The van der Waals surface area contributed by atoms with Crippen LogP contribution in [0.2, 0.25) is 0 Å². The highest BCUT2D eigenvalue weighted by Crippen LogP contribution is 2.30. The number of hydrogen-bond donors (Lipinski definition) is 0. The second-order valence-electron chi connectivity index (χ2n) is 8.91. The van der Waals surface area contributed by atoms with Gasteiger partial charge in [0.2, 0.25) is 12.6 Å². The quantitative estimate of drug-likeness (QED) is 0.174. The molecule has 0 amide bonds. The van der Waals surface area contributed by atoms with Gasteiger partial charge in [-0.3, -0.25) is 4.79 Å². The third-order valence-electron chi connectivity index (χ3n) is 3.75. The molecule has 0 saturated carbocycles. The molecule has 0 N–H and O–H groups in total. The SMILES string of the molecule is CC(C(=O)/C=C(\C)C(=O)OC(C)OC(C)OC(=O)OC(C)(C)CC(C)(C)C)=C1OO1. The predicted octanol–water partition coefficient (Wildman–Crippen LogP) is 4.31. The molecule has 0 spiro atoms. The lowest BCUT2D eigenvalue weighted by Crippen LogP contribution is -2.35. The fourth-order valence-electron chi connectivity index (χ4n) is 2.88. The maximum atomic E-state index is 12.1. The molecule has 0 aromatic heterocycles. The van der Waals surface area contributed by atoms with Crippen molar-refractivity contribution in [2.75, 3.05) is 0 Å².